The summed E-state index contributed by atoms with van der Waals surface area (Å²) in [5, 5.41) is 6.37. The fourth-order valence-electron chi connectivity index (χ4n) is 1.45. The number of hydrogen-bond donors (Lipinski definition) is 2. The molecule has 0 saturated carbocycles. The first-order chi connectivity index (χ1) is 6.70. The van der Waals surface area contributed by atoms with E-state index in [1.807, 2.05) is 13.8 Å². The Morgan fingerprint density at radius 3 is 2.07 bits per heavy atom. The summed E-state index contributed by atoms with van der Waals surface area (Å²) >= 11 is 0. The third-order valence-corrected chi connectivity index (χ3v) is 4.08. The van der Waals surface area contributed by atoms with Crippen molar-refractivity contribution in [1.29, 1.82) is 0 Å². The van der Waals surface area contributed by atoms with Crippen molar-refractivity contribution in [3.8, 4) is 0 Å². The Labute approximate surface area is 97.2 Å². The van der Waals surface area contributed by atoms with Crippen LogP contribution in [0.1, 0.15) is 13.8 Å². The van der Waals surface area contributed by atoms with Crippen molar-refractivity contribution >= 4 is 20.0 Å². The molecule has 0 unspecified atom stereocenters. The lowest BCUT2D eigenvalue weighted by Gasteiger charge is -2.20. The molecule has 0 aromatic heterocycles. The summed E-state index contributed by atoms with van der Waals surface area (Å²) in [5.41, 5.74) is 0. The van der Waals surface area contributed by atoms with Gasteiger partial charge in [-0.25, -0.2) is 0 Å². The minimum absolute atomic E-state index is 0. The van der Waals surface area contributed by atoms with Crippen LogP contribution in [0.2, 0.25) is 0 Å². The van der Waals surface area contributed by atoms with Gasteiger partial charge in [0.2, 0.25) is 0 Å². The molecule has 5 nitrogen and oxygen atoms in total. The van der Waals surface area contributed by atoms with Gasteiger partial charge in [-0.05, 0) is 13.8 Å². The highest BCUT2D eigenvalue weighted by Gasteiger charge is 2.29. The summed E-state index contributed by atoms with van der Waals surface area (Å²) in [6, 6.07) is 0. The second-order valence-corrected chi connectivity index (χ2v) is 5.19. The normalized spacial score (nSPS) is 17.7. The van der Waals surface area contributed by atoms with Gasteiger partial charge >= 0.3 is 7.60 Å². The minimum Gasteiger partial charge on any atom is -0.309 e. The summed E-state index contributed by atoms with van der Waals surface area (Å²) in [4.78, 5) is 0. The van der Waals surface area contributed by atoms with Gasteiger partial charge in [0.05, 0.1) is 25.5 Å². The largest absolute Gasteiger partial charge is 0.333 e. The SMILES string of the molecule is CCOP(=O)(CC1NCCN1)OCC.Cl. The summed E-state index contributed by atoms with van der Waals surface area (Å²) < 4.78 is 22.4. The van der Waals surface area contributed by atoms with Crippen molar-refractivity contribution in [2.45, 2.75) is 20.0 Å². The van der Waals surface area contributed by atoms with E-state index in [2.05, 4.69) is 10.6 Å². The highest BCUT2D eigenvalue weighted by Crippen LogP contribution is 2.48. The molecule has 1 rings (SSSR count). The van der Waals surface area contributed by atoms with Crippen molar-refractivity contribution in [2.75, 3.05) is 32.5 Å². The highest BCUT2D eigenvalue weighted by atomic mass is 35.5. The van der Waals surface area contributed by atoms with E-state index in [1.165, 1.54) is 0 Å². The lowest BCUT2D eigenvalue weighted by Crippen LogP contribution is -2.35. The van der Waals surface area contributed by atoms with Crippen LogP contribution < -0.4 is 10.6 Å². The topological polar surface area (TPSA) is 59.6 Å². The van der Waals surface area contributed by atoms with Gasteiger partial charge < -0.3 is 19.7 Å². The molecule has 0 amide bonds. The molecule has 0 radical (unpaired) electrons. The molecule has 1 heterocycles. The van der Waals surface area contributed by atoms with Crippen LogP contribution in [-0.4, -0.2) is 38.6 Å². The first-order valence-electron chi connectivity index (χ1n) is 5.05. The summed E-state index contributed by atoms with van der Waals surface area (Å²) in [7, 11) is -2.89. The molecule has 0 spiro atoms. The van der Waals surface area contributed by atoms with Crippen molar-refractivity contribution in [3.63, 3.8) is 0 Å². The Morgan fingerprint density at radius 2 is 1.67 bits per heavy atom. The van der Waals surface area contributed by atoms with Crippen LogP contribution in [0.5, 0.6) is 0 Å². The number of hydrogen-bond acceptors (Lipinski definition) is 5. The van der Waals surface area contributed by atoms with Crippen LogP contribution in [0.3, 0.4) is 0 Å². The average Bonchev–Trinajstić information content (AvgIpc) is 2.57. The number of rotatable bonds is 6. The van der Waals surface area contributed by atoms with E-state index >= 15 is 0 Å². The van der Waals surface area contributed by atoms with Crippen LogP contribution in [0.15, 0.2) is 0 Å². The Balaban J connectivity index is 0.00000196. The van der Waals surface area contributed by atoms with Crippen molar-refractivity contribution in [1.82, 2.24) is 10.6 Å². The molecule has 15 heavy (non-hydrogen) atoms. The first kappa shape index (κ1) is 15.4. The zero-order valence-corrected chi connectivity index (χ0v) is 10.9. The van der Waals surface area contributed by atoms with Gasteiger partial charge in [-0.1, -0.05) is 0 Å². The molecular weight excluding hydrogens is 239 g/mol. The summed E-state index contributed by atoms with van der Waals surface area (Å²) in [6.45, 7) is 6.29. The number of halogens is 1. The Hall–Kier alpha value is 0.360. The predicted octanol–water partition coefficient (Wildman–Crippen LogP) is 1.19. The van der Waals surface area contributed by atoms with Crippen LogP contribution in [0, 0.1) is 0 Å². The molecule has 0 bridgehead atoms. The molecule has 2 N–H and O–H groups in total. The zero-order chi connectivity index (χ0) is 10.4. The molecule has 1 aliphatic heterocycles. The molecule has 0 aliphatic carbocycles. The number of nitrogens with one attached hydrogen (secondary N) is 2. The van der Waals surface area contributed by atoms with Gasteiger partial charge in [-0.3, -0.25) is 4.57 Å². The third-order valence-electron chi connectivity index (χ3n) is 1.96. The van der Waals surface area contributed by atoms with Gasteiger partial charge in [-0.15, -0.1) is 12.4 Å². The standard InChI is InChI=1S/C8H19N2O3P.ClH/c1-3-12-14(11,13-4-2)7-8-9-5-6-10-8;/h8-10H,3-7H2,1-2H3;1H. The smallest absolute Gasteiger partial charge is 0.309 e. The Kier molecular flexibility index (Phi) is 7.79. The van der Waals surface area contributed by atoms with E-state index in [0.717, 1.165) is 13.1 Å². The van der Waals surface area contributed by atoms with Crippen LogP contribution in [0.25, 0.3) is 0 Å². The molecule has 0 aromatic rings. The van der Waals surface area contributed by atoms with Gasteiger partial charge in [0.15, 0.2) is 0 Å². The quantitative estimate of drug-likeness (QED) is 0.701. The predicted molar refractivity (Wildman–Crippen MR) is 62.8 cm³/mol. The Morgan fingerprint density at radius 1 is 1.20 bits per heavy atom. The van der Waals surface area contributed by atoms with Crippen LogP contribution in [-0.2, 0) is 13.6 Å². The van der Waals surface area contributed by atoms with Crippen LogP contribution >= 0.6 is 20.0 Å². The summed E-state index contributed by atoms with van der Waals surface area (Å²) in [5.74, 6) is 0. The van der Waals surface area contributed by atoms with E-state index in [-0.39, 0.29) is 18.6 Å². The maximum absolute atomic E-state index is 12.0. The van der Waals surface area contributed by atoms with E-state index in [0.29, 0.717) is 19.4 Å². The second-order valence-electron chi connectivity index (χ2n) is 3.09. The van der Waals surface area contributed by atoms with Gasteiger partial charge in [0, 0.05) is 13.1 Å². The highest BCUT2D eigenvalue weighted by molar-refractivity contribution is 7.53. The van der Waals surface area contributed by atoms with Crippen molar-refractivity contribution in [2.24, 2.45) is 0 Å². The van der Waals surface area contributed by atoms with Crippen molar-refractivity contribution in [3.05, 3.63) is 0 Å². The molecule has 1 saturated heterocycles. The molecule has 1 aliphatic rings. The lowest BCUT2D eigenvalue weighted by molar-refractivity contribution is 0.217. The summed E-state index contributed by atoms with van der Waals surface area (Å²) in [6.07, 6.45) is 0.452. The fourth-order valence-corrected chi connectivity index (χ4v) is 3.23. The molecule has 7 heteroatoms. The van der Waals surface area contributed by atoms with E-state index < -0.39 is 7.60 Å². The van der Waals surface area contributed by atoms with Gasteiger partial charge in [-0.2, -0.15) is 0 Å². The average molecular weight is 259 g/mol. The minimum atomic E-state index is -2.89. The lowest BCUT2D eigenvalue weighted by atomic mass is 10.6. The fraction of sp³-hybridized carbons (Fsp3) is 1.00. The second kappa shape index (κ2) is 7.60. The molecule has 1 fully saturated rings. The van der Waals surface area contributed by atoms with E-state index in [9.17, 15) is 4.57 Å². The maximum atomic E-state index is 12.0. The van der Waals surface area contributed by atoms with E-state index in [4.69, 9.17) is 9.05 Å². The Bertz CT molecular complexity index is 202. The molecule has 0 aromatic carbocycles. The maximum Gasteiger partial charge on any atom is 0.333 e. The zero-order valence-electron chi connectivity index (χ0n) is 9.19. The monoisotopic (exact) mass is 258 g/mol. The van der Waals surface area contributed by atoms with Gasteiger partial charge in [0.1, 0.15) is 0 Å². The van der Waals surface area contributed by atoms with Crippen molar-refractivity contribution < 1.29 is 13.6 Å². The molecular formula is C8H20ClN2O3P. The first-order valence-corrected chi connectivity index (χ1v) is 6.78. The molecule has 0 atom stereocenters. The third kappa shape index (κ3) is 5.29. The van der Waals surface area contributed by atoms with Crippen LogP contribution in [0.4, 0.5) is 0 Å². The molecule has 92 valence electrons. The van der Waals surface area contributed by atoms with E-state index in [1.54, 1.807) is 0 Å². The van der Waals surface area contributed by atoms with Gasteiger partial charge in [0.25, 0.3) is 0 Å².